The van der Waals surface area contributed by atoms with Gasteiger partial charge in [-0.2, -0.15) is 18.3 Å². The van der Waals surface area contributed by atoms with Gasteiger partial charge in [0.05, 0.1) is 5.69 Å². The Labute approximate surface area is 115 Å². The second-order valence-electron chi connectivity index (χ2n) is 4.75. The van der Waals surface area contributed by atoms with Gasteiger partial charge in [-0.15, -0.1) is 0 Å². The summed E-state index contributed by atoms with van der Waals surface area (Å²) in [6, 6.07) is 8.00. The monoisotopic (exact) mass is 283 g/mol. The molecule has 20 heavy (non-hydrogen) atoms. The zero-order valence-electron chi connectivity index (χ0n) is 11.3. The maximum atomic E-state index is 13.3. The van der Waals surface area contributed by atoms with Crippen molar-refractivity contribution >= 4 is 0 Å². The molecule has 0 bridgehead atoms. The van der Waals surface area contributed by atoms with Gasteiger partial charge in [-0.3, -0.25) is 9.58 Å². The summed E-state index contributed by atoms with van der Waals surface area (Å²) in [6.45, 7) is 0.139. The molecule has 0 fully saturated rings. The number of benzene rings is 1. The van der Waals surface area contributed by atoms with E-state index >= 15 is 0 Å². The molecule has 0 radical (unpaired) electrons. The van der Waals surface area contributed by atoms with Crippen molar-refractivity contribution in [3.8, 4) is 0 Å². The van der Waals surface area contributed by atoms with Crippen LogP contribution in [0.4, 0.5) is 13.2 Å². The van der Waals surface area contributed by atoms with E-state index < -0.39 is 12.2 Å². The molecule has 1 aromatic heterocycles. The van der Waals surface area contributed by atoms with Gasteiger partial charge in [0.15, 0.2) is 0 Å². The molecule has 2 rings (SSSR count). The third-order valence-corrected chi connectivity index (χ3v) is 3.05. The number of rotatable bonds is 4. The molecule has 0 saturated carbocycles. The first kappa shape index (κ1) is 14.6. The second kappa shape index (κ2) is 5.66. The Kier molecular flexibility index (Phi) is 4.13. The van der Waals surface area contributed by atoms with Crippen molar-refractivity contribution in [1.29, 1.82) is 0 Å². The van der Waals surface area contributed by atoms with E-state index in [0.717, 1.165) is 0 Å². The summed E-state index contributed by atoms with van der Waals surface area (Å²) in [6.07, 6.45) is -2.61. The van der Waals surface area contributed by atoms with Crippen LogP contribution in [0.1, 0.15) is 17.3 Å². The van der Waals surface area contributed by atoms with E-state index in [4.69, 9.17) is 0 Å². The Bertz CT molecular complexity index is 548. The molecule has 0 N–H and O–H groups in total. The summed E-state index contributed by atoms with van der Waals surface area (Å²) in [4.78, 5) is 1.26. The van der Waals surface area contributed by atoms with Gasteiger partial charge in [0.25, 0.3) is 0 Å². The number of hydrogen-bond donors (Lipinski definition) is 0. The van der Waals surface area contributed by atoms with Crippen LogP contribution in [0, 0.1) is 0 Å². The van der Waals surface area contributed by atoms with E-state index in [9.17, 15) is 13.2 Å². The predicted molar refractivity (Wildman–Crippen MR) is 69.9 cm³/mol. The average Bonchev–Trinajstić information content (AvgIpc) is 2.74. The number of nitrogens with zero attached hydrogens (tertiary/aromatic N) is 3. The number of aryl methyl sites for hydroxylation is 1. The van der Waals surface area contributed by atoms with Crippen molar-refractivity contribution in [3.05, 3.63) is 53.9 Å². The fourth-order valence-corrected chi connectivity index (χ4v) is 2.22. The van der Waals surface area contributed by atoms with Gasteiger partial charge in [-0.25, -0.2) is 0 Å². The SMILES string of the molecule is CN(Cc1ccn(C)n1)[C@H](c1ccccc1)C(F)(F)F. The van der Waals surface area contributed by atoms with Crippen LogP contribution in [0.3, 0.4) is 0 Å². The smallest absolute Gasteiger partial charge is 0.286 e. The molecule has 1 atom stereocenters. The van der Waals surface area contributed by atoms with Crippen molar-refractivity contribution in [3.63, 3.8) is 0 Å². The van der Waals surface area contributed by atoms with E-state index in [1.807, 2.05) is 0 Å². The summed E-state index contributed by atoms with van der Waals surface area (Å²) < 4.78 is 41.5. The predicted octanol–water partition coefficient (Wildman–Crippen LogP) is 3.16. The Hall–Kier alpha value is -1.82. The average molecular weight is 283 g/mol. The first-order valence-electron chi connectivity index (χ1n) is 6.18. The molecule has 0 amide bonds. The molecule has 0 aliphatic rings. The summed E-state index contributed by atoms with van der Waals surface area (Å²) in [5.41, 5.74) is 0.846. The molecular weight excluding hydrogens is 267 g/mol. The molecule has 0 spiro atoms. The minimum Gasteiger partial charge on any atom is -0.286 e. The Morgan fingerprint density at radius 2 is 1.85 bits per heavy atom. The molecule has 1 aromatic carbocycles. The quantitative estimate of drug-likeness (QED) is 0.859. The lowest BCUT2D eigenvalue weighted by Crippen LogP contribution is -2.35. The number of halogens is 3. The molecule has 0 aliphatic heterocycles. The number of hydrogen-bond acceptors (Lipinski definition) is 2. The fraction of sp³-hybridized carbons (Fsp3) is 0.357. The third kappa shape index (κ3) is 3.39. The first-order chi connectivity index (χ1) is 9.38. The van der Waals surface area contributed by atoms with Gasteiger partial charge in [0, 0.05) is 19.8 Å². The largest absolute Gasteiger partial charge is 0.408 e. The molecule has 2 aromatic rings. The van der Waals surface area contributed by atoms with E-state index in [2.05, 4.69) is 5.10 Å². The van der Waals surface area contributed by atoms with Crippen LogP contribution in [0.2, 0.25) is 0 Å². The first-order valence-corrected chi connectivity index (χ1v) is 6.18. The molecular formula is C14H16F3N3. The van der Waals surface area contributed by atoms with Gasteiger partial charge in [0.1, 0.15) is 6.04 Å². The van der Waals surface area contributed by atoms with Crippen LogP contribution in [0.15, 0.2) is 42.6 Å². The molecule has 0 unspecified atom stereocenters. The fourth-order valence-electron chi connectivity index (χ4n) is 2.22. The minimum atomic E-state index is -4.33. The zero-order chi connectivity index (χ0) is 14.8. The highest BCUT2D eigenvalue weighted by atomic mass is 19.4. The summed E-state index contributed by atoms with van der Waals surface area (Å²) in [5, 5.41) is 4.12. The van der Waals surface area contributed by atoms with Crippen LogP contribution in [-0.4, -0.2) is 27.9 Å². The third-order valence-electron chi connectivity index (χ3n) is 3.05. The van der Waals surface area contributed by atoms with Gasteiger partial charge in [-0.05, 0) is 18.7 Å². The second-order valence-corrected chi connectivity index (χ2v) is 4.75. The standard InChI is InChI=1S/C14H16F3N3/c1-19(10-12-8-9-20(2)18-12)13(14(15,16)17)11-6-4-3-5-7-11/h3-9,13H,10H2,1-2H3/t13-/m1/s1. The Balaban J connectivity index is 2.23. The lowest BCUT2D eigenvalue weighted by Gasteiger charge is -2.29. The van der Waals surface area contributed by atoms with Crippen molar-refractivity contribution in [1.82, 2.24) is 14.7 Å². The highest BCUT2D eigenvalue weighted by molar-refractivity contribution is 5.20. The highest BCUT2D eigenvalue weighted by Gasteiger charge is 2.43. The summed E-state index contributed by atoms with van der Waals surface area (Å²) in [5.74, 6) is 0. The molecule has 0 aliphatic carbocycles. The van der Waals surface area contributed by atoms with E-state index in [1.54, 1.807) is 42.2 Å². The topological polar surface area (TPSA) is 21.1 Å². The van der Waals surface area contributed by atoms with Crippen molar-refractivity contribution in [2.75, 3.05) is 7.05 Å². The highest BCUT2D eigenvalue weighted by Crippen LogP contribution is 2.37. The van der Waals surface area contributed by atoms with E-state index in [0.29, 0.717) is 5.69 Å². The van der Waals surface area contributed by atoms with Gasteiger partial charge < -0.3 is 0 Å². The maximum absolute atomic E-state index is 13.3. The molecule has 1 heterocycles. The Morgan fingerprint density at radius 1 is 1.20 bits per heavy atom. The number of alkyl halides is 3. The zero-order valence-corrected chi connectivity index (χ0v) is 11.3. The van der Waals surface area contributed by atoms with Crippen LogP contribution in [0.25, 0.3) is 0 Å². The van der Waals surface area contributed by atoms with Crippen molar-refractivity contribution < 1.29 is 13.2 Å². The van der Waals surface area contributed by atoms with E-state index in [-0.39, 0.29) is 12.1 Å². The van der Waals surface area contributed by atoms with Crippen LogP contribution >= 0.6 is 0 Å². The Morgan fingerprint density at radius 3 is 2.35 bits per heavy atom. The molecule has 0 saturated heterocycles. The summed E-state index contributed by atoms with van der Waals surface area (Å²) >= 11 is 0. The van der Waals surface area contributed by atoms with Crippen LogP contribution < -0.4 is 0 Å². The van der Waals surface area contributed by atoms with Gasteiger partial charge in [0.2, 0.25) is 0 Å². The maximum Gasteiger partial charge on any atom is 0.408 e. The molecule has 6 heteroatoms. The van der Waals surface area contributed by atoms with Crippen molar-refractivity contribution in [2.24, 2.45) is 7.05 Å². The van der Waals surface area contributed by atoms with E-state index in [1.165, 1.54) is 24.1 Å². The number of aromatic nitrogens is 2. The molecule has 3 nitrogen and oxygen atoms in total. The normalized spacial score (nSPS) is 13.7. The van der Waals surface area contributed by atoms with Crippen LogP contribution in [-0.2, 0) is 13.6 Å². The molecule has 108 valence electrons. The minimum absolute atomic E-state index is 0.139. The van der Waals surface area contributed by atoms with Crippen LogP contribution in [0.5, 0.6) is 0 Å². The van der Waals surface area contributed by atoms with Crippen molar-refractivity contribution in [2.45, 2.75) is 18.8 Å². The lowest BCUT2D eigenvalue weighted by molar-refractivity contribution is -0.184. The lowest BCUT2D eigenvalue weighted by atomic mass is 10.1. The van der Waals surface area contributed by atoms with Gasteiger partial charge >= 0.3 is 6.18 Å². The van der Waals surface area contributed by atoms with Gasteiger partial charge in [-0.1, -0.05) is 30.3 Å². The summed E-state index contributed by atoms with van der Waals surface area (Å²) in [7, 11) is 3.20.